The number of hydrogen-bond acceptors (Lipinski definition) is 3. The first kappa shape index (κ1) is 15.2. The predicted molar refractivity (Wildman–Crippen MR) is 85.6 cm³/mol. The topological polar surface area (TPSA) is 41.5 Å². The van der Waals surface area contributed by atoms with Crippen LogP contribution in [0.1, 0.15) is 11.7 Å². The minimum atomic E-state index is -0.629. The molecule has 1 atom stereocenters. The number of ether oxygens (including phenoxy) is 1. The average molecular weight is 357 g/mol. The van der Waals surface area contributed by atoms with Crippen LogP contribution < -0.4 is 10.1 Å². The molecule has 0 radical (unpaired) electrons. The van der Waals surface area contributed by atoms with Gasteiger partial charge in [-0.25, -0.2) is 0 Å². The van der Waals surface area contributed by atoms with Gasteiger partial charge in [0.25, 0.3) is 0 Å². The molecule has 2 aromatic carbocycles. The number of nitrogens with one attached hydrogen (secondary N) is 1. The zero-order valence-electron chi connectivity index (χ0n) is 10.9. The number of hydrogen-bond donors (Lipinski definition) is 2. The van der Waals surface area contributed by atoms with Gasteiger partial charge in [0.1, 0.15) is 5.75 Å². The summed E-state index contributed by atoms with van der Waals surface area (Å²) in [4.78, 5) is 0. The molecule has 1 unspecified atom stereocenters. The van der Waals surface area contributed by atoms with Crippen molar-refractivity contribution in [1.82, 2.24) is 0 Å². The lowest BCUT2D eigenvalue weighted by Gasteiger charge is -2.15. The molecule has 20 heavy (non-hydrogen) atoms. The number of anilines is 1. The van der Waals surface area contributed by atoms with Crippen LogP contribution >= 0.6 is 27.5 Å². The van der Waals surface area contributed by atoms with Crippen molar-refractivity contribution in [1.29, 1.82) is 0 Å². The van der Waals surface area contributed by atoms with Crippen LogP contribution in [-0.4, -0.2) is 18.8 Å². The van der Waals surface area contributed by atoms with Gasteiger partial charge in [-0.3, -0.25) is 0 Å². The van der Waals surface area contributed by atoms with E-state index < -0.39 is 6.10 Å². The molecule has 0 aliphatic heterocycles. The third-order valence-electron chi connectivity index (χ3n) is 2.89. The largest absolute Gasteiger partial charge is 0.497 e. The molecule has 0 bridgehead atoms. The number of rotatable bonds is 5. The normalized spacial score (nSPS) is 12.0. The summed E-state index contributed by atoms with van der Waals surface area (Å²) in [7, 11) is 1.60. The van der Waals surface area contributed by atoms with Crippen LogP contribution in [0.5, 0.6) is 5.75 Å². The van der Waals surface area contributed by atoms with Crippen LogP contribution in [0.15, 0.2) is 46.9 Å². The lowest BCUT2D eigenvalue weighted by molar-refractivity contribution is 0.191. The van der Waals surface area contributed by atoms with Crippen molar-refractivity contribution in [3.63, 3.8) is 0 Å². The van der Waals surface area contributed by atoms with Crippen LogP contribution in [0.25, 0.3) is 0 Å². The summed E-state index contributed by atoms with van der Waals surface area (Å²) in [6, 6.07) is 12.9. The van der Waals surface area contributed by atoms with Gasteiger partial charge in [0.15, 0.2) is 0 Å². The van der Waals surface area contributed by atoms with Crippen molar-refractivity contribution in [3.05, 3.63) is 57.5 Å². The maximum atomic E-state index is 10.2. The molecular formula is C15H15BrClNO2. The Hall–Kier alpha value is -1.23. The molecule has 0 aromatic heterocycles. The van der Waals surface area contributed by atoms with Crippen molar-refractivity contribution in [2.45, 2.75) is 6.10 Å². The first-order valence-corrected chi connectivity index (χ1v) is 7.28. The van der Waals surface area contributed by atoms with Gasteiger partial charge in [-0.15, -0.1) is 0 Å². The summed E-state index contributed by atoms with van der Waals surface area (Å²) >= 11 is 9.39. The second-order valence-corrected chi connectivity index (χ2v) is 5.59. The van der Waals surface area contributed by atoms with Gasteiger partial charge in [0.2, 0.25) is 0 Å². The second-order valence-electron chi connectivity index (χ2n) is 4.30. The van der Waals surface area contributed by atoms with Crippen molar-refractivity contribution < 1.29 is 9.84 Å². The van der Waals surface area contributed by atoms with Crippen LogP contribution in [0.4, 0.5) is 5.69 Å². The van der Waals surface area contributed by atoms with Crippen molar-refractivity contribution >= 4 is 33.2 Å². The molecular weight excluding hydrogens is 342 g/mol. The maximum absolute atomic E-state index is 10.2. The quantitative estimate of drug-likeness (QED) is 0.841. The van der Waals surface area contributed by atoms with Crippen molar-refractivity contribution in [2.75, 3.05) is 19.0 Å². The van der Waals surface area contributed by atoms with Crippen molar-refractivity contribution in [2.24, 2.45) is 0 Å². The van der Waals surface area contributed by atoms with Gasteiger partial charge < -0.3 is 15.2 Å². The molecule has 2 aromatic rings. The van der Waals surface area contributed by atoms with E-state index in [1.165, 1.54) is 0 Å². The zero-order valence-corrected chi connectivity index (χ0v) is 13.3. The highest BCUT2D eigenvalue weighted by atomic mass is 79.9. The Balaban J connectivity index is 2.04. The summed E-state index contributed by atoms with van der Waals surface area (Å²) in [6.07, 6.45) is -0.629. The van der Waals surface area contributed by atoms with Crippen molar-refractivity contribution in [3.8, 4) is 5.75 Å². The van der Waals surface area contributed by atoms with E-state index in [1.54, 1.807) is 13.2 Å². The smallest absolute Gasteiger partial charge is 0.119 e. The fourth-order valence-electron chi connectivity index (χ4n) is 1.81. The molecule has 2 N–H and O–H groups in total. The molecule has 0 saturated heterocycles. The molecule has 0 heterocycles. The lowest BCUT2D eigenvalue weighted by atomic mass is 10.1. The summed E-state index contributed by atoms with van der Waals surface area (Å²) in [5, 5.41) is 14.0. The Morgan fingerprint density at radius 2 is 2.10 bits per heavy atom. The number of methoxy groups -OCH3 is 1. The number of benzene rings is 2. The third-order valence-corrected chi connectivity index (χ3v) is 3.82. The number of aliphatic hydroxyl groups is 1. The highest BCUT2D eigenvalue weighted by Crippen LogP contribution is 2.27. The molecule has 3 nitrogen and oxygen atoms in total. The van der Waals surface area contributed by atoms with Gasteiger partial charge >= 0.3 is 0 Å². The van der Waals surface area contributed by atoms with Crippen LogP contribution in [0, 0.1) is 0 Å². The number of aliphatic hydroxyl groups excluding tert-OH is 1. The molecule has 0 saturated carbocycles. The molecule has 0 aliphatic carbocycles. The first-order chi connectivity index (χ1) is 9.60. The molecule has 106 valence electrons. The fourth-order valence-corrected chi connectivity index (χ4v) is 2.37. The summed E-state index contributed by atoms with van der Waals surface area (Å²) in [5.41, 5.74) is 1.65. The van der Waals surface area contributed by atoms with Crippen LogP contribution in [0.2, 0.25) is 5.02 Å². The Labute approximate surface area is 131 Å². The van der Waals surface area contributed by atoms with Gasteiger partial charge in [-0.05, 0) is 51.8 Å². The fraction of sp³-hybridized carbons (Fsp3) is 0.200. The van der Waals surface area contributed by atoms with E-state index in [-0.39, 0.29) is 0 Å². The molecule has 2 rings (SSSR count). The highest BCUT2D eigenvalue weighted by Gasteiger charge is 2.09. The van der Waals surface area contributed by atoms with Gasteiger partial charge in [-0.2, -0.15) is 0 Å². The van der Waals surface area contributed by atoms with Crippen LogP contribution in [-0.2, 0) is 0 Å². The standard InChI is InChI=1S/C15H15BrClNO2/c1-20-12-4-2-3-10(7-12)15(19)9-18-14-8-11(17)5-6-13(14)16/h2-8,15,18-19H,9H2,1H3. The van der Waals surface area contributed by atoms with Crippen LogP contribution in [0.3, 0.4) is 0 Å². The Morgan fingerprint density at radius 1 is 1.30 bits per heavy atom. The third kappa shape index (κ3) is 3.88. The molecule has 0 amide bonds. The predicted octanol–water partition coefficient (Wildman–Crippen LogP) is 4.26. The number of halogens is 2. The zero-order chi connectivity index (χ0) is 14.5. The monoisotopic (exact) mass is 355 g/mol. The van der Waals surface area contributed by atoms with E-state index in [2.05, 4.69) is 21.2 Å². The summed E-state index contributed by atoms with van der Waals surface area (Å²) in [6.45, 7) is 0.381. The molecule has 0 fully saturated rings. The van der Waals surface area contributed by atoms with E-state index >= 15 is 0 Å². The highest BCUT2D eigenvalue weighted by molar-refractivity contribution is 9.10. The van der Waals surface area contributed by atoms with E-state index in [9.17, 15) is 5.11 Å². The van der Waals surface area contributed by atoms with E-state index in [0.717, 1.165) is 21.5 Å². The minimum Gasteiger partial charge on any atom is -0.497 e. The first-order valence-electron chi connectivity index (χ1n) is 6.11. The van der Waals surface area contributed by atoms with Gasteiger partial charge in [0, 0.05) is 16.0 Å². The average Bonchev–Trinajstić information content (AvgIpc) is 2.48. The van der Waals surface area contributed by atoms with E-state index in [4.69, 9.17) is 16.3 Å². The Kier molecular flexibility index (Phi) is 5.29. The maximum Gasteiger partial charge on any atom is 0.119 e. The second kappa shape index (κ2) is 6.97. The summed E-state index contributed by atoms with van der Waals surface area (Å²) < 4.78 is 6.05. The van der Waals surface area contributed by atoms with E-state index in [1.807, 2.05) is 36.4 Å². The molecule has 0 spiro atoms. The Morgan fingerprint density at radius 3 is 2.85 bits per heavy atom. The van der Waals surface area contributed by atoms with Gasteiger partial charge in [-0.1, -0.05) is 23.7 Å². The molecule has 5 heteroatoms. The Bertz CT molecular complexity index is 592. The SMILES string of the molecule is COc1cccc(C(O)CNc2cc(Cl)ccc2Br)c1. The lowest BCUT2D eigenvalue weighted by Crippen LogP contribution is -2.12. The summed E-state index contributed by atoms with van der Waals surface area (Å²) in [5.74, 6) is 0.727. The van der Waals surface area contributed by atoms with E-state index in [0.29, 0.717) is 11.6 Å². The minimum absolute atomic E-state index is 0.381. The van der Waals surface area contributed by atoms with Gasteiger partial charge in [0.05, 0.1) is 18.9 Å². The molecule has 0 aliphatic rings.